The smallest absolute Gasteiger partial charge is 0.126 e. The zero-order valence-electron chi connectivity index (χ0n) is 9.69. The van der Waals surface area contributed by atoms with Gasteiger partial charge in [0.1, 0.15) is 5.82 Å². The topological polar surface area (TPSA) is 12.0 Å². The first-order valence-corrected chi connectivity index (χ1v) is 6.46. The Bertz CT molecular complexity index is 388. The lowest BCUT2D eigenvalue weighted by atomic mass is 9.92. The minimum atomic E-state index is -0.104. The van der Waals surface area contributed by atoms with Crippen molar-refractivity contribution in [3.05, 3.63) is 34.1 Å². The Hall–Kier alpha value is -0.410. The van der Waals surface area contributed by atoms with Crippen LogP contribution in [-0.2, 0) is 6.42 Å². The highest BCUT2D eigenvalue weighted by molar-refractivity contribution is 9.10. The lowest BCUT2D eigenvalue weighted by Gasteiger charge is -2.23. The number of hydrogen-bond acceptors (Lipinski definition) is 1. The van der Waals surface area contributed by atoms with Gasteiger partial charge in [-0.3, -0.25) is 0 Å². The minimum Gasteiger partial charge on any atom is -0.316 e. The molecule has 1 saturated carbocycles. The molecule has 1 aromatic carbocycles. The Kier molecular flexibility index (Phi) is 3.36. The van der Waals surface area contributed by atoms with Crippen LogP contribution in [0.1, 0.15) is 25.3 Å². The fraction of sp³-hybridized carbons (Fsp3) is 0.538. The third-order valence-electron chi connectivity index (χ3n) is 3.66. The SMILES string of the molecule is CNC(Cc1cc(Br)ccc1F)C1(C)CC1. The first kappa shape index (κ1) is 12.1. The molecule has 2 rings (SSSR count). The van der Waals surface area contributed by atoms with Crippen molar-refractivity contribution in [1.29, 1.82) is 0 Å². The Morgan fingerprint density at radius 2 is 2.19 bits per heavy atom. The van der Waals surface area contributed by atoms with Crippen molar-refractivity contribution in [3.8, 4) is 0 Å². The second-order valence-electron chi connectivity index (χ2n) is 4.94. The van der Waals surface area contributed by atoms with Crippen molar-refractivity contribution < 1.29 is 4.39 Å². The summed E-state index contributed by atoms with van der Waals surface area (Å²) in [4.78, 5) is 0. The third kappa shape index (κ3) is 2.46. The molecule has 1 N–H and O–H groups in total. The summed E-state index contributed by atoms with van der Waals surface area (Å²) in [5.41, 5.74) is 1.16. The summed E-state index contributed by atoms with van der Waals surface area (Å²) in [5.74, 6) is -0.104. The lowest BCUT2D eigenvalue weighted by Crippen LogP contribution is -2.35. The van der Waals surface area contributed by atoms with E-state index in [9.17, 15) is 4.39 Å². The molecule has 0 bridgehead atoms. The summed E-state index contributed by atoms with van der Waals surface area (Å²) in [5, 5.41) is 3.32. The van der Waals surface area contributed by atoms with Crippen LogP contribution in [0.2, 0.25) is 0 Å². The minimum absolute atomic E-state index is 0.104. The molecule has 1 atom stereocenters. The molecule has 0 saturated heterocycles. The number of halogens is 2. The van der Waals surface area contributed by atoms with Gasteiger partial charge in [0.15, 0.2) is 0 Å². The Morgan fingerprint density at radius 1 is 1.50 bits per heavy atom. The van der Waals surface area contributed by atoms with E-state index in [4.69, 9.17) is 0 Å². The van der Waals surface area contributed by atoms with Crippen molar-refractivity contribution in [3.63, 3.8) is 0 Å². The van der Waals surface area contributed by atoms with Crippen LogP contribution in [0, 0.1) is 11.2 Å². The van der Waals surface area contributed by atoms with Gasteiger partial charge in [-0.1, -0.05) is 22.9 Å². The summed E-state index contributed by atoms with van der Waals surface area (Å²) in [7, 11) is 1.96. The average molecular weight is 286 g/mol. The van der Waals surface area contributed by atoms with E-state index >= 15 is 0 Å². The maximum absolute atomic E-state index is 13.6. The van der Waals surface area contributed by atoms with E-state index in [1.165, 1.54) is 18.9 Å². The summed E-state index contributed by atoms with van der Waals surface area (Å²) >= 11 is 3.39. The van der Waals surface area contributed by atoms with Crippen LogP contribution >= 0.6 is 15.9 Å². The average Bonchev–Trinajstić information content (AvgIpc) is 2.99. The van der Waals surface area contributed by atoms with E-state index in [-0.39, 0.29) is 5.82 Å². The fourth-order valence-corrected chi connectivity index (χ4v) is 2.57. The first-order chi connectivity index (χ1) is 7.55. The zero-order valence-corrected chi connectivity index (χ0v) is 11.3. The number of hydrogen-bond donors (Lipinski definition) is 1. The number of rotatable bonds is 4. The standard InChI is InChI=1S/C13H17BrFN/c1-13(5-6-13)12(16-2)8-9-7-10(14)3-4-11(9)15/h3-4,7,12,16H,5-6,8H2,1-2H3. The molecule has 0 aliphatic heterocycles. The molecule has 1 fully saturated rings. The lowest BCUT2D eigenvalue weighted by molar-refractivity contribution is 0.372. The second kappa shape index (κ2) is 4.46. The largest absolute Gasteiger partial charge is 0.316 e. The van der Waals surface area contributed by atoms with Crippen molar-refractivity contribution >= 4 is 15.9 Å². The van der Waals surface area contributed by atoms with Gasteiger partial charge in [0.05, 0.1) is 0 Å². The quantitative estimate of drug-likeness (QED) is 0.893. The normalized spacial score (nSPS) is 19.5. The van der Waals surface area contributed by atoms with Crippen molar-refractivity contribution in [2.75, 3.05) is 7.05 Å². The molecular weight excluding hydrogens is 269 g/mol. The van der Waals surface area contributed by atoms with E-state index in [1.54, 1.807) is 6.07 Å². The number of nitrogens with one attached hydrogen (secondary N) is 1. The van der Waals surface area contributed by atoms with E-state index in [0.717, 1.165) is 16.5 Å². The molecule has 0 aromatic heterocycles. The van der Waals surface area contributed by atoms with Crippen molar-refractivity contribution in [2.24, 2.45) is 5.41 Å². The van der Waals surface area contributed by atoms with Crippen LogP contribution in [0.25, 0.3) is 0 Å². The highest BCUT2D eigenvalue weighted by atomic mass is 79.9. The predicted molar refractivity (Wildman–Crippen MR) is 68.0 cm³/mol. The Morgan fingerprint density at radius 3 is 2.75 bits per heavy atom. The maximum Gasteiger partial charge on any atom is 0.126 e. The van der Waals surface area contributed by atoms with E-state index < -0.39 is 0 Å². The Balaban J connectivity index is 2.15. The van der Waals surface area contributed by atoms with Crippen LogP contribution in [-0.4, -0.2) is 13.1 Å². The monoisotopic (exact) mass is 285 g/mol. The van der Waals surface area contributed by atoms with Crippen LogP contribution in [0.3, 0.4) is 0 Å². The molecule has 1 nitrogen and oxygen atoms in total. The number of benzene rings is 1. The molecule has 88 valence electrons. The summed E-state index contributed by atoms with van der Waals surface area (Å²) in [6.07, 6.45) is 3.25. The predicted octanol–water partition coefficient (Wildman–Crippen LogP) is 3.52. The second-order valence-corrected chi connectivity index (χ2v) is 5.85. The van der Waals surface area contributed by atoms with Gasteiger partial charge in [-0.25, -0.2) is 4.39 Å². The molecule has 0 spiro atoms. The summed E-state index contributed by atoms with van der Waals surface area (Å²) in [6.45, 7) is 2.27. The molecular formula is C13H17BrFN. The van der Waals surface area contributed by atoms with Crippen molar-refractivity contribution in [1.82, 2.24) is 5.32 Å². The highest BCUT2D eigenvalue weighted by Crippen LogP contribution is 2.48. The third-order valence-corrected chi connectivity index (χ3v) is 4.15. The fourth-order valence-electron chi connectivity index (χ4n) is 2.16. The van der Waals surface area contributed by atoms with E-state index in [1.807, 2.05) is 13.1 Å². The van der Waals surface area contributed by atoms with Crippen LogP contribution < -0.4 is 5.32 Å². The molecule has 3 heteroatoms. The summed E-state index contributed by atoms with van der Waals surface area (Å²) < 4.78 is 14.6. The summed E-state index contributed by atoms with van der Waals surface area (Å²) in [6, 6.07) is 5.52. The van der Waals surface area contributed by atoms with E-state index in [0.29, 0.717) is 11.5 Å². The Labute approximate surface area is 105 Å². The molecule has 1 unspecified atom stereocenters. The van der Waals surface area contributed by atoms with Gasteiger partial charge >= 0.3 is 0 Å². The van der Waals surface area contributed by atoms with Gasteiger partial charge in [-0.2, -0.15) is 0 Å². The van der Waals surface area contributed by atoms with Gasteiger partial charge < -0.3 is 5.32 Å². The molecule has 1 aliphatic rings. The van der Waals surface area contributed by atoms with E-state index in [2.05, 4.69) is 28.2 Å². The van der Waals surface area contributed by atoms with Crippen LogP contribution in [0.15, 0.2) is 22.7 Å². The number of likely N-dealkylation sites (N-methyl/N-ethyl adjacent to an activating group) is 1. The van der Waals surface area contributed by atoms with Gasteiger partial charge in [0, 0.05) is 10.5 Å². The molecule has 16 heavy (non-hydrogen) atoms. The van der Waals surface area contributed by atoms with Gasteiger partial charge in [0.25, 0.3) is 0 Å². The van der Waals surface area contributed by atoms with Gasteiger partial charge in [-0.15, -0.1) is 0 Å². The van der Waals surface area contributed by atoms with Crippen LogP contribution in [0.4, 0.5) is 4.39 Å². The van der Waals surface area contributed by atoms with Gasteiger partial charge in [-0.05, 0) is 55.5 Å². The molecule has 0 radical (unpaired) electrons. The van der Waals surface area contributed by atoms with Crippen LogP contribution in [0.5, 0.6) is 0 Å². The first-order valence-electron chi connectivity index (χ1n) is 5.66. The van der Waals surface area contributed by atoms with Crippen molar-refractivity contribution in [2.45, 2.75) is 32.2 Å². The molecule has 0 heterocycles. The highest BCUT2D eigenvalue weighted by Gasteiger charge is 2.44. The van der Waals surface area contributed by atoms with Gasteiger partial charge in [0.2, 0.25) is 0 Å². The maximum atomic E-state index is 13.6. The zero-order chi connectivity index (χ0) is 11.8. The molecule has 0 amide bonds. The molecule has 1 aliphatic carbocycles. The molecule has 1 aromatic rings.